The molecule has 2 nitrogen and oxygen atoms in total. The molecule has 1 aromatic carbocycles. The number of benzene rings is 1. The van der Waals surface area contributed by atoms with Gasteiger partial charge < -0.3 is 5.32 Å². The minimum absolute atomic E-state index is 0.140. The van der Waals surface area contributed by atoms with E-state index in [1.54, 1.807) is 0 Å². The van der Waals surface area contributed by atoms with Gasteiger partial charge in [-0.2, -0.15) is 0 Å². The van der Waals surface area contributed by atoms with Gasteiger partial charge in [-0.3, -0.25) is 4.79 Å². The molecule has 1 aromatic rings. The summed E-state index contributed by atoms with van der Waals surface area (Å²) in [4.78, 5) is 11.7. The maximum atomic E-state index is 11.7. The first-order chi connectivity index (χ1) is 7.74. The Bertz CT molecular complexity index is 308. The van der Waals surface area contributed by atoms with E-state index in [0.717, 1.165) is 19.4 Å². The molecule has 0 aliphatic carbocycles. The molecule has 0 aromatic heterocycles. The lowest BCUT2D eigenvalue weighted by atomic mass is 9.99. The molecule has 16 heavy (non-hydrogen) atoms. The average molecular weight is 219 g/mol. The van der Waals surface area contributed by atoms with E-state index in [4.69, 9.17) is 0 Å². The number of hydrogen-bond donors (Lipinski definition) is 1. The summed E-state index contributed by atoms with van der Waals surface area (Å²) in [5.41, 5.74) is 1.32. The Labute approximate surface area is 98.1 Å². The Balaban J connectivity index is 2.23. The fraction of sp³-hybridized carbons (Fsp3) is 0.500. The minimum Gasteiger partial charge on any atom is -0.319 e. The van der Waals surface area contributed by atoms with E-state index >= 15 is 0 Å². The second kappa shape index (κ2) is 7.18. The Morgan fingerprint density at radius 3 is 2.62 bits per heavy atom. The average Bonchev–Trinajstić information content (AvgIpc) is 2.30. The number of aryl methyl sites for hydroxylation is 1. The maximum absolute atomic E-state index is 11.7. The molecule has 0 bridgehead atoms. The fourth-order valence-electron chi connectivity index (χ4n) is 1.78. The molecule has 1 atom stereocenters. The highest BCUT2D eigenvalue weighted by Gasteiger charge is 2.10. The van der Waals surface area contributed by atoms with Crippen molar-refractivity contribution in [2.45, 2.75) is 26.2 Å². The molecule has 0 radical (unpaired) electrons. The van der Waals surface area contributed by atoms with Gasteiger partial charge in [-0.15, -0.1) is 0 Å². The van der Waals surface area contributed by atoms with Crippen LogP contribution in [-0.2, 0) is 11.2 Å². The second-order valence-electron chi connectivity index (χ2n) is 4.26. The van der Waals surface area contributed by atoms with Crippen LogP contribution in [0.3, 0.4) is 0 Å². The van der Waals surface area contributed by atoms with Crippen molar-refractivity contribution in [3.63, 3.8) is 0 Å². The zero-order valence-corrected chi connectivity index (χ0v) is 10.2. The molecule has 2 heteroatoms. The van der Waals surface area contributed by atoms with Crippen LogP contribution < -0.4 is 5.32 Å². The van der Waals surface area contributed by atoms with Crippen molar-refractivity contribution in [3.05, 3.63) is 35.9 Å². The van der Waals surface area contributed by atoms with Crippen molar-refractivity contribution in [2.24, 2.45) is 5.92 Å². The molecule has 0 aliphatic rings. The van der Waals surface area contributed by atoms with Gasteiger partial charge in [0.25, 0.3) is 0 Å². The number of rotatable bonds is 7. The van der Waals surface area contributed by atoms with Crippen LogP contribution in [0.2, 0.25) is 0 Å². The molecule has 0 spiro atoms. The molecule has 0 heterocycles. The van der Waals surface area contributed by atoms with Crippen LogP contribution in [0.1, 0.15) is 25.3 Å². The number of hydrogen-bond acceptors (Lipinski definition) is 2. The summed E-state index contributed by atoms with van der Waals surface area (Å²) in [7, 11) is 1.88. The van der Waals surface area contributed by atoms with E-state index in [-0.39, 0.29) is 5.92 Å². The summed E-state index contributed by atoms with van der Waals surface area (Å²) in [6, 6.07) is 10.3. The number of carbonyl (C=O) groups excluding carboxylic acids is 1. The van der Waals surface area contributed by atoms with Crippen molar-refractivity contribution in [1.82, 2.24) is 5.32 Å². The Hall–Kier alpha value is -1.15. The number of nitrogens with one attached hydrogen (secondary N) is 1. The van der Waals surface area contributed by atoms with Crippen LogP contribution in [0.25, 0.3) is 0 Å². The summed E-state index contributed by atoms with van der Waals surface area (Å²) in [6.07, 6.45) is 2.65. The lowest BCUT2D eigenvalue weighted by Crippen LogP contribution is -2.23. The molecule has 0 aliphatic heterocycles. The summed E-state index contributed by atoms with van der Waals surface area (Å²) >= 11 is 0. The molecular formula is C14H21NO. The Morgan fingerprint density at radius 1 is 1.31 bits per heavy atom. The molecule has 0 fully saturated rings. The van der Waals surface area contributed by atoms with Crippen molar-refractivity contribution in [2.75, 3.05) is 13.6 Å². The smallest absolute Gasteiger partial charge is 0.136 e. The van der Waals surface area contributed by atoms with Crippen molar-refractivity contribution >= 4 is 5.78 Å². The quantitative estimate of drug-likeness (QED) is 0.763. The third kappa shape index (κ3) is 4.58. The van der Waals surface area contributed by atoms with Gasteiger partial charge in [-0.05, 0) is 25.5 Å². The minimum atomic E-state index is 0.140. The van der Waals surface area contributed by atoms with Crippen molar-refractivity contribution < 1.29 is 4.79 Å². The Kier molecular flexibility index (Phi) is 5.79. The van der Waals surface area contributed by atoms with E-state index < -0.39 is 0 Å². The van der Waals surface area contributed by atoms with E-state index in [1.165, 1.54) is 5.56 Å². The first-order valence-corrected chi connectivity index (χ1v) is 5.95. The standard InChI is InChI=1S/C14H21NO/c1-12(11-15-2)14(16)10-6-9-13-7-4-3-5-8-13/h3-5,7-8,12,15H,6,9-11H2,1-2H3. The van der Waals surface area contributed by atoms with Crippen LogP contribution in [0.15, 0.2) is 30.3 Å². The second-order valence-corrected chi connectivity index (χ2v) is 4.26. The number of ketones is 1. The maximum Gasteiger partial charge on any atom is 0.136 e. The van der Waals surface area contributed by atoms with Crippen molar-refractivity contribution in [3.8, 4) is 0 Å². The predicted octanol–water partition coefficient (Wildman–Crippen LogP) is 2.43. The van der Waals surface area contributed by atoms with Crippen LogP contribution in [0.4, 0.5) is 0 Å². The normalized spacial score (nSPS) is 12.4. The third-order valence-corrected chi connectivity index (χ3v) is 2.79. The van der Waals surface area contributed by atoms with Crippen LogP contribution in [-0.4, -0.2) is 19.4 Å². The topological polar surface area (TPSA) is 29.1 Å². The summed E-state index contributed by atoms with van der Waals surface area (Å²) in [5.74, 6) is 0.506. The highest BCUT2D eigenvalue weighted by atomic mass is 16.1. The molecule has 0 saturated carbocycles. The van der Waals surface area contributed by atoms with E-state index in [9.17, 15) is 4.79 Å². The molecule has 1 rings (SSSR count). The van der Waals surface area contributed by atoms with Gasteiger partial charge in [-0.25, -0.2) is 0 Å². The van der Waals surface area contributed by atoms with Gasteiger partial charge in [0, 0.05) is 18.9 Å². The molecule has 1 unspecified atom stereocenters. The summed E-state index contributed by atoms with van der Waals surface area (Å²) < 4.78 is 0. The van der Waals surface area contributed by atoms with Crippen LogP contribution in [0.5, 0.6) is 0 Å². The van der Waals surface area contributed by atoms with Gasteiger partial charge in [0.1, 0.15) is 5.78 Å². The van der Waals surface area contributed by atoms with E-state index in [2.05, 4.69) is 17.4 Å². The van der Waals surface area contributed by atoms with E-state index in [0.29, 0.717) is 12.2 Å². The zero-order valence-electron chi connectivity index (χ0n) is 10.2. The van der Waals surface area contributed by atoms with Crippen LogP contribution in [0, 0.1) is 5.92 Å². The van der Waals surface area contributed by atoms with Gasteiger partial charge in [0.15, 0.2) is 0 Å². The number of Topliss-reactive ketones (excluding diaryl/α,β-unsaturated/α-hetero) is 1. The first kappa shape index (κ1) is 12.9. The summed E-state index contributed by atoms with van der Waals surface area (Å²) in [5, 5.41) is 3.04. The fourth-order valence-corrected chi connectivity index (χ4v) is 1.78. The third-order valence-electron chi connectivity index (χ3n) is 2.79. The lowest BCUT2D eigenvalue weighted by molar-refractivity contribution is -0.122. The van der Waals surface area contributed by atoms with Gasteiger partial charge in [0.05, 0.1) is 0 Å². The van der Waals surface area contributed by atoms with Crippen LogP contribution >= 0.6 is 0 Å². The first-order valence-electron chi connectivity index (χ1n) is 5.95. The summed E-state index contributed by atoms with van der Waals surface area (Å²) in [6.45, 7) is 2.77. The largest absolute Gasteiger partial charge is 0.319 e. The predicted molar refractivity (Wildman–Crippen MR) is 67.5 cm³/mol. The monoisotopic (exact) mass is 219 g/mol. The molecular weight excluding hydrogens is 198 g/mol. The zero-order chi connectivity index (χ0) is 11.8. The lowest BCUT2D eigenvalue weighted by Gasteiger charge is -2.09. The molecule has 1 N–H and O–H groups in total. The molecule has 0 amide bonds. The highest BCUT2D eigenvalue weighted by molar-refractivity contribution is 5.80. The van der Waals surface area contributed by atoms with E-state index in [1.807, 2.05) is 32.2 Å². The van der Waals surface area contributed by atoms with Crippen molar-refractivity contribution in [1.29, 1.82) is 0 Å². The highest BCUT2D eigenvalue weighted by Crippen LogP contribution is 2.07. The number of carbonyl (C=O) groups is 1. The van der Waals surface area contributed by atoms with Gasteiger partial charge in [-0.1, -0.05) is 37.3 Å². The Morgan fingerprint density at radius 2 is 2.00 bits per heavy atom. The molecule has 88 valence electrons. The van der Waals surface area contributed by atoms with Gasteiger partial charge >= 0.3 is 0 Å². The SMILES string of the molecule is CNCC(C)C(=O)CCCc1ccccc1. The molecule has 0 saturated heterocycles. The van der Waals surface area contributed by atoms with Gasteiger partial charge in [0.2, 0.25) is 0 Å².